The van der Waals surface area contributed by atoms with Gasteiger partial charge in [0.1, 0.15) is 0 Å². The van der Waals surface area contributed by atoms with Crippen molar-refractivity contribution in [3.63, 3.8) is 0 Å². The summed E-state index contributed by atoms with van der Waals surface area (Å²) < 4.78 is 6.76. The lowest BCUT2D eigenvalue weighted by Crippen LogP contribution is -2.50. The molecule has 0 atom stereocenters. The number of nitrogens with zero attached hydrogens (tertiary/aromatic N) is 3. The van der Waals surface area contributed by atoms with Crippen LogP contribution in [0, 0.1) is 0 Å². The first kappa shape index (κ1) is 15.4. The smallest absolute Gasteiger partial charge is 0.409 e. The summed E-state index contributed by atoms with van der Waals surface area (Å²) in [4.78, 5) is 27.5. The summed E-state index contributed by atoms with van der Waals surface area (Å²) in [5, 5.41) is 1.12. The molecule has 3 rings (SSSR count). The van der Waals surface area contributed by atoms with Gasteiger partial charge in [-0.15, -0.1) is 0 Å². The standard InChI is InChI=1S/C17H21N3O3/c1-18-12-13(14-5-3-4-6-15(14)18)11-16(21)19-7-9-20(10-8-19)17(22)23-2/h3-6,12H,7-11H2,1-2H3. The SMILES string of the molecule is COC(=O)N1CCN(C(=O)Cc2cn(C)c3ccccc23)CC1. The summed E-state index contributed by atoms with van der Waals surface area (Å²) in [5.41, 5.74) is 2.18. The monoisotopic (exact) mass is 315 g/mol. The van der Waals surface area contributed by atoms with E-state index in [-0.39, 0.29) is 12.0 Å². The van der Waals surface area contributed by atoms with Crippen molar-refractivity contribution in [1.29, 1.82) is 0 Å². The van der Waals surface area contributed by atoms with E-state index in [0.29, 0.717) is 32.6 Å². The maximum Gasteiger partial charge on any atom is 0.409 e. The van der Waals surface area contributed by atoms with Gasteiger partial charge in [-0.05, 0) is 11.6 Å². The fraction of sp³-hybridized carbons (Fsp3) is 0.412. The molecule has 1 aliphatic rings. The molecule has 0 unspecified atom stereocenters. The Kier molecular flexibility index (Phi) is 4.23. The molecular formula is C17H21N3O3. The molecule has 1 fully saturated rings. The Morgan fingerprint density at radius 1 is 1.09 bits per heavy atom. The van der Waals surface area contributed by atoms with Crippen molar-refractivity contribution < 1.29 is 14.3 Å². The molecule has 0 bridgehead atoms. The van der Waals surface area contributed by atoms with E-state index in [1.54, 1.807) is 4.90 Å². The normalized spacial score (nSPS) is 15.0. The highest BCUT2D eigenvalue weighted by molar-refractivity contribution is 5.89. The highest BCUT2D eigenvalue weighted by Gasteiger charge is 2.25. The van der Waals surface area contributed by atoms with E-state index < -0.39 is 0 Å². The Hall–Kier alpha value is -2.50. The van der Waals surface area contributed by atoms with Crippen molar-refractivity contribution >= 4 is 22.9 Å². The van der Waals surface area contributed by atoms with E-state index in [0.717, 1.165) is 16.5 Å². The number of piperazine rings is 1. The molecule has 0 saturated carbocycles. The second-order valence-corrected chi connectivity index (χ2v) is 5.80. The molecule has 2 aromatic rings. The van der Waals surface area contributed by atoms with Gasteiger partial charge >= 0.3 is 6.09 Å². The zero-order valence-electron chi connectivity index (χ0n) is 13.5. The van der Waals surface area contributed by atoms with Gasteiger partial charge in [-0.2, -0.15) is 0 Å². The van der Waals surface area contributed by atoms with Crippen LogP contribution < -0.4 is 0 Å². The number of aromatic nitrogens is 1. The quantitative estimate of drug-likeness (QED) is 0.846. The van der Waals surface area contributed by atoms with E-state index in [1.807, 2.05) is 40.9 Å². The molecule has 1 aromatic heterocycles. The molecule has 6 nitrogen and oxygen atoms in total. The number of fused-ring (bicyclic) bond motifs is 1. The van der Waals surface area contributed by atoms with Gasteiger partial charge in [0, 0.05) is 50.3 Å². The molecule has 6 heteroatoms. The molecule has 122 valence electrons. The van der Waals surface area contributed by atoms with Gasteiger partial charge in [0.2, 0.25) is 5.91 Å². The van der Waals surface area contributed by atoms with Gasteiger partial charge in [0.15, 0.2) is 0 Å². The maximum absolute atomic E-state index is 12.5. The maximum atomic E-state index is 12.5. The van der Waals surface area contributed by atoms with E-state index in [4.69, 9.17) is 4.74 Å². The summed E-state index contributed by atoms with van der Waals surface area (Å²) >= 11 is 0. The van der Waals surface area contributed by atoms with Crippen LogP contribution in [0.15, 0.2) is 30.5 Å². The number of methoxy groups -OCH3 is 1. The number of hydrogen-bond acceptors (Lipinski definition) is 3. The fourth-order valence-electron chi connectivity index (χ4n) is 3.11. The minimum Gasteiger partial charge on any atom is -0.453 e. The zero-order chi connectivity index (χ0) is 16.4. The molecule has 0 N–H and O–H groups in total. The van der Waals surface area contributed by atoms with Gasteiger partial charge in [-0.25, -0.2) is 4.79 Å². The van der Waals surface area contributed by atoms with Crippen molar-refractivity contribution in [3.8, 4) is 0 Å². The molecule has 0 spiro atoms. The van der Waals surface area contributed by atoms with Crippen LogP contribution in [0.25, 0.3) is 10.9 Å². The number of hydrogen-bond donors (Lipinski definition) is 0. The van der Waals surface area contributed by atoms with Crippen molar-refractivity contribution in [3.05, 3.63) is 36.0 Å². The molecule has 23 heavy (non-hydrogen) atoms. The highest BCUT2D eigenvalue weighted by Crippen LogP contribution is 2.21. The molecular weight excluding hydrogens is 294 g/mol. The van der Waals surface area contributed by atoms with Crippen LogP contribution in [0.1, 0.15) is 5.56 Å². The van der Waals surface area contributed by atoms with E-state index >= 15 is 0 Å². The zero-order valence-corrected chi connectivity index (χ0v) is 13.5. The van der Waals surface area contributed by atoms with Gasteiger partial charge in [-0.1, -0.05) is 18.2 Å². The first-order chi connectivity index (χ1) is 11.1. The van der Waals surface area contributed by atoms with Crippen LogP contribution in [0.2, 0.25) is 0 Å². The molecule has 0 radical (unpaired) electrons. The Bertz CT molecular complexity index is 730. The Labute approximate surface area is 135 Å². The van der Waals surface area contributed by atoms with Gasteiger partial charge in [-0.3, -0.25) is 4.79 Å². The second-order valence-electron chi connectivity index (χ2n) is 5.80. The first-order valence-electron chi connectivity index (χ1n) is 7.73. The largest absolute Gasteiger partial charge is 0.453 e. The van der Waals surface area contributed by atoms with Gasteiger partial charge in [0.05, 0.1) is 13.5 Å². The summed E-state index contributed by atoms with van der Waals surface area (Å²) in [6.45, 7) is 2.15. The predicted octanol–water partition coefficient (Wildman–Crippen LogP) is 1.63. The number of carbonyl (C=O) groups is 2. The van der Waals surface area contributed by atoms with E-state index in [9.17, 15) is 9.59 Å². The Morgan fingerprint density at radius 2 is 1.74 bits per heavy atom. The van der Waals surface area contributed by atoms with Gasteiger partial charge in [0.25, 0.3) is 0 Å². The number of carbonyl (C=O) groups excluding carboxylic acids is 2. The third-order valence-electron chi connectivity index (χ3n) is 4.39. The average Bonchev–Trinajstić information content (AvgIpc) is 2.90. The predicted molar refractivity (Wildman–Crippen MR) is 87.2 cm³/mol. The number of benzene rings is 1. The highest BCUT2D eigenvalue weighted by atomic mass is 16.5. The van der Waals surface area contributed by atoms with Crippen LogP contribution in [0.3, 0.4) is 0 Å². The average molecular weight is 315 g/mol. The van der Waals surface area contributed by atoms with Crippen molar-refractivity contribution in [2.75, 3.05) is 33.3 Å². The Balaban J connectivity index is 1.67. The van der Waals surface area contributed by atoms with Crippen molar-refractivity contribution in [1.82, 2.24) is 14.4 Å². The number of amides is 2. The van der Waals surface area contributed by atoms with Crippen LogP contribution in [-0.4, -0.2) is 59.7 Å². The topological polar surface area (TPSA) is 54.8 Å². The van der Waals surface area contributed by atoms with Crippen molar-refractivity contribution in [2.24, 2.45) is 7.05 Å². The minimum absolute atomic E-state index is 0.103. The van der Waals surface area contributed by atoms with E-state index in [2.05, 4.69) is 6.07 Å². The summed E-state index contributed by atoms with van der Waals surface area (Å²) in [6.07, 6.45) is 2.08. The number of ether oxygens (including phenoxy) is 1. The summed E-state index contributed by atoms with van der Waals surface area (Å²) in [7, 11) is 3.37. The molecule has 1 aliphatic heterocycles. The number of rotatable bonds is 2. The Morgan fingerprint density at radius 3 is 2.43 bits per heavy atom. The van der Waals surface area contributed by atoms with Gasteiger partial charge < -0.3 is 19.1 Å². The van der Waals surface area contributed by atoms with Crippen molar-refractivity contribution in [2.45, 2.75) is 6.42 Å². The molecule has 1 saturated heterocycles. The number of aryl methyl sites for hydroxylation is 1. The molecule has 2 heterocycles. The van der Waals surface area contributed by atoms with Crippen LogP contribution in [-0.2, 0) is 23.0 Å². The fourth-order valence-corrected chi connectivity index (χ4v) is 3.11. The lowest BCUT2D eigenvalue weighted by Gasteiger charge is -2.33. The first-order valence-corrected chi connectivity index (χ1v) is 7.73. The summed E-state index contributed by atoms with van der Waals surface area (Å²) in [6, 6.07) is 8.09. The third-order valence-corrected chi connectivity index (χ3v) is 4.39. The van der Waals surface area contributed by atoms with Crippen LogP contribution >= 0.6 is 0 Å². The molecule has 2 amide bonds. The lowest BCUT2D eigenvalue weighted by atomic mass is 10.1. The number of para-hydroxylation sites is 1. The summed E-state index contributed by atoms with van der Waals surface area (Å²) in [5.74, 6) is 0.103. The van der Waals surface area contributed by atoms with E-state index in [1.165, 1.54) is 7.11 Å². The lowest BCUT2D eigenvalue weighted by molar-refractivity contribution is -0.132. The van der Waals surface area contributed by atoms with Crippen LogP contribution in [0.4, 0.5) is 4.79 Å². The molecule has 1 aromatic carbocycles. The third kappa shape index (κ3) is 3.02. The second kappa shape index (κ2) is 6.32. The van der Waals surface area contributed by atoms with Crippen LogP contribution in [0.5, 0.6) is 0 Å². The molecule has 0 aliphatic carbocycles. The minimum atomic E-state index is -0.328.